The lowest BCUT2D eigenvalue weighted by molar-refractivity contribution is -0.131. The molecule has 0 radical (unpaired) electrons. The number of benzene rings is 2. The fourth-order valence-electron chi connectivity index (χ4n) is 3.04. The third-order valence-corrected chi connectivity index (χ3v) is 4.44. The summed E-state index contributed by atoms with van der Waals surface area (Å²) in [5.74, 6) is 0.406. The van der Waals surface area contributed by atoms with E-state index in [9.17, 15) is 9.59 Å². The highest BCUT2D eigenvalue weighted by molar-refractivity contribution is 6.02. The van der Waals surface area contributed by atoms with Gasteiger partial charge in [-0.3, -0.25) is 9.59 Å². The minimum Gasteiger partial charge on any atom is -0.488 e. The number of ether oxygens (including phenoxy) is 1. The zero-order chi connectivity index (χ0) is 19.2. The molecule has 1 aliphatic rings. The van der Waals surface area contributed by atoms with Crippen molar-refractivity contribution in [1.29, 1.82) is 0 Å². The highest BCUT2D eigenvalue weighted by atomic mass is 16.5. The minimum absolute atomic E-state index is 0.0139. The van der Waals surface area contributed by atoms with Crippen molar-refractivity contribution in [2.75, 3.05) is 25.0 Å². The molecule has 0 saturated carbocycles. The van der Waals surface area contributed by atoms with Crippen molar-refractivity contribution in [3.05, 3.63) is 65.2 Å². The summed E-state index contributed by atoms with van der Waals surface area (Å²) in [5, 5.41) is 2.89. The molecule has 2 amide bonds. The molecule has 5 nitrogen and oxygen atoms in total. The SMILES string of the molecule is CCCN(CC(=O)Nc1ccccc1C)C(=O)C1=Cc2ccccc2OC1. The van der Waals surface area contributed by atoms with E-state index in [0.717, 1.165) is 29.0 Å². The normalized spacial score (nSPS) is 12.4. The van der Waals surface area contributed by atoms with Crippen molar-refractivity contribution in [3.8, 4) is 5.75 Å². The maximum absolute atomic E-state index is 13.0. The lowest BCUT2D eigenvalue weighted by atomic mass is 10.1. The lowest BCUT2D eigenvalue weighted by Crippen LogP contribution is -2.40. The van der Waals surface area contributed by atoms with Gasteiger partial charge >= 0.3 is 0 Å². The fraction of sp³-hybridized carbons (Fsp3) is 0.273. The molecule has 0 fully saturated rings. The molecule has 0 unspecified atom stereocenters. The van der Waals surface area contributed by atoms with Gasteiger partial charge in [-0.1, -0.05) is 43.3 Å². The summed E-state index contributed by atoms with van der Waals surface area (Å²) in [6.07, 6.45) is 2.62. The molecule has 0 aromatic heterocycles. The number of carbonyl (C=O) groups is 2. The Morgan fingerprint density at radius 3 is 2.63 bits per heavy atom. The van der Waals surface area contributed by atoms with E-state index in [1.165, 1.54) is 0 Å². The maximum atomic E-state index is 13.0. The molecule has 0 aliphatic carbocycles. The van der Waals surface area contributed by atoms with Gasteiger partial charge in [0.25, 0.3) is 5.91 Å². The Hall–Kier alpha value is -3.08. The third kappa shape index (κ3) is 4.56. The third-order valence-electron chi connectivity index (χ3n) is 4.44. The molecule has 1 heterocycles. The minimum atomic E-state index is -0.205. The Morgan fingerprint density at radius 1 is 1.11 bits per heavy atom. The van der Waals surface area contributed by atoms with E-state index >= 15 is 0 Å². The first-order valence-corrected chi connectivity index (χ1v) is 9.15. The van der Waals surface area contributed by atoms with E-state index in [1.54, 1.807) is 4.90 Å². The fourth-order valence-corrected chi connectivity index (χ4v) is 3.04. The van der Waals surface area contributed by atoms with Crippen LogP contribution in [-0.2, 0) is 9.59 Å². The predicted octanol–water partition coefficient (Wildman–Crippen LogP) is 3.65. The maximum Gasteiger partial charge on any atom is 0.253 e. The number of para-hydroxylation sites is 2. The van der Waals surface area contributed by atoms with Gasteiger partial charge in [-0.25, -0.2) is 0 Å². The number of rotatable bonds is 6. The van der Waals surface area contributed by atoms with Crippen LogP contribution in [0.2, 0.25) is 0 Å². The van der Waals surface area contributed by atoms with Gasteiger partial charge in [0.05, 0.1) is 5.57 Å². The molecule has 27 heavy (non-hydrogen) atoms. The van der Waals surface area contributed by atoms with Crippen LogP contribution in [0, 0.1) is 6.92 Å². The number of hydrogen-bond acceptors (Lipinski definition) is 3. The largest absolute Gasteiger partial charge is 0.488 e. The molecular weight excluding hydrogens is 340 g/mol. The van der Waals surface area contributed by atoms with E-state index in [-0.39, 0.29) is 25.0 Å². The molecule has 0 atom stereocenters. The van der Waals surface area contributed by atoms with Crippen LogP contribution in [0.15, 0.2) is 54.1 Å². The van der Waals surface area contributed by atoms with Gasteiger partial charge in [-0.2, -0.15) is 0 Å². The van der Waals surface area contributed by atoms with Gasteiger partial charge < -0.3 is 15.0 Å². The number of amides is 2. The van der Waals surface area contributed by atoms with E-state index in [4.69, 9.17) is 4.74 Å². The topological polar surface area (TPSA) is 58.6 Å². The zero-order valence-electron chi connectivity index (χ0n) is 15.7. The van der Waals surface area contributed by atoms with Gasteiger partial charge in [-0.05, 0) is 37.1 Å². The average molecular weight is 364 g/mol. The van der Waals surface area contributed by atoms with E-state index < -0.39 is 0 Å². The summed E-state index contributed by atoms with van der Waals surface area (Å²) in [6.45, 7) is 4.67. The van der Waals surface area contributed by atoms with Crippen LogP contribution < -0.4 is 10.1 Å². The highest BCUT2D eigenvalue weighted by Crippen LogP contribution is 2.26. The number of aryl methyl sites for hydroxylation is 1. The van der Waals surface area contributed by atoms with Gasteiger partial charge in [0, 0.05) is 17.8 Å². The monoisotopic (exact) mass is 364 g/mol. The molecule has 2 aromatic carbocycles. The van der Waals surface area contributed by atoms with Crippen molar-refractivity contribution in [1.82, 2.24) is 4.90 Å². The van der Waals surface area contributed by atoms with Crippen LogP contribution in [-0.4, -0.2) is 36.4 Å². The van der Waals surface area contributed by atoms with E-state index in [1.807, 2.05) is 68.5 Å². The Kier molecular flexibility index (Phi) is 5.91. The quantitative estimate of drug-likeness (QED) is 0.851. The molecule has 0 saturated heterocycles. The molecule has 5 heteroatoms. The molecule has 1 N–H and O–H groups in total. The van der Waals surface area contributed by atoms with Gasteiger partial charge in [-0.15, -0.1) is 0 Å². The highest BCUT2D eigenvalue weighted by Gasteiger charge is 2.23. The molecule has 1 aliphatic heterocycles. The Bertz CT molecular complexity index is 873. The van der Waals surface area contributed by atoms with Crippen LogP contribution in [0.3, 0.4) is 0 Å². The number of anilines is 1. The van der Waals surface area contributed by atoms with E-state index in [2.05, 4.69) is 5.32 Å². The standard InChI is InChI=1S/C22H24N2O3/c1-3-12-24(14-21(25)23-19-10-6-4-8-16(19)2)22(26)18-13-17-9-5-7-11-20(17)27-15-18/h4-11,13H,3,12,14-15H2,1-2H3,(H,23,25). The predicted molar refractivity (Wildman–Crippen MR) is 107 cm³/mol. The second kappa shape index (κ2) is 8.54. The Morgan fingerprint density at radius 2 is 1.85 bits per heavy atom. The van der Waals surface area contributed by atoms with Crippen LogP contribution >= 0.6 is 0 Å². The summed E-state index contributed by atoms with van der Waals surface area (Å²) in [7, 11) is 0. The number of carbonyl (C=O) groups excluding carboxylic acids is 2. The summed E-state index contributed by atoms with van der Waals surface area (Å²) >= 11 is 0. The summed E-state index contributed by atoms with van der Waals surface area (Å²) in [6, 6.07) is 15.2. The molecule has 3 rings (SSSR count). The molecule has 0 spiro atoms. The average Bonchev–Trinajstić information content (AvgIpc) is 2.68. The second-order valence-corrected chi connectivity index (χ2v) is 6.59. The number of fused-ring (bicyclic) bond motifs is 1. The summed E-state index contributed by atoms with van der Waals surface area (Å²) in [4.78, 5) is 27.0. The first-order valence-electron chi connectivity index (χ1n) is 9.15. The Balaban J connectivity index is 1.71. The second-order valence-electron chi connectivity index (χ2n) is 6.59. The van der Waals surface area contributed by atoms with Crippen molar-refractivity contribution < 1.29 is 14.3 Å². The molecular formula is C22H24N2O3. The van der Waals surface area contributed by atoms with Crippen LogP contribution in [0.1, 0.15) is 24.5 Å². The molecule has 2 aromatic rings. The first-order chi connectivity index (χ1) is 13.1. The zero-order valence-corrected chi connectivity index (χ0v) is 15.7. The van der Waals surface area contributed by atoms with E-state index in [0.29, 0.717) is 12.1 Å². The van der Waals surface area contributed by atoms with Crippen molar-refractivity contribution >= 4 is 23.6 Å². The van der Waals surface area contributed by atoms with Crippen LogP contribution in [0.4, 0.5) is 5.69 Å². The van der Waals surface area contributed by atoms with Crippen LogP contribution in [0.5, 0.6) is 5.75 Å². The van der Waals surface area contributed by atoms with Gasteiger partial charge in [0.15, 0.2) is 0 Å². The summed E-state index contributed by atoms with van der Waals surface area (Å²) < 4.78 is 5.69. The smallest absolute Gasteiger partial charge is 0.253 e. The van der Waals surface area contributed by atoms with Crippen molar-refractivity contribution in [3.63, 3.8) is 0 Å². The van der Waals surface area contributed by atoms with Gasteiger partial charge in [0.2, 0.25) is 5.91 Å². The van der Waals surface area contributed by atoms with Crippen molar-refractivity contribution in [2.24, 2.45) is 0 Å². The first kappa shape index (κ1) is 18.7. The summed E-state index contributed by atoms with van der Waals surface area (Å²) in [5.41, 5.74) is 3.19. The number of nitrogens with zero attached hydrogens (tertiary/aromatic N) is 1. The van der Waals surface area contributed by atoms with Gasteiger partial charge in [0.1, 0.15) is 18.9 Å². The number of hydrogen-bond donors (Lipinski definition) is 1. The molecule has 140 valence electrons. The van der Waals surface area contributed by atoms with Crippen LogP contribution in [0.25, 0.3) is 6.08 Å². The van der Waals surface area contributed by atoms with Crippen molar-refractivity contribution in [2.45, 2.75) is 20.3 Å². The number of nitrogens with one attached hydrogen (secondary N) is 1. The molecule has 0 bridgehead atoms. The lowest BCUT2D eigenvalue weighted by Gasteiger charge is -2.25. The Labute approximate surface area is 159 Å².